The highest BCUT2D eigenvalue weighted by atomic mass is 35.5. The molecule has 2 N–H and O–H groups in total. The van der Waals surface area contributed by atoms with Crippen LogP contribution >= 0.6 is 11.6 Å². The topological polar surface area (TPSA) is 88.3 Å². The molecule has 25 heavy (non-hydrogen) atoms. The summed E-state index contributed by atoms with van der Waals surface area (Å²) in [5.41, 5.74) is 1.87. The smallest absolute Gasteiger partial charge is 0.475 e. The van der Waals surface area contributed by atoms with Gasteiger partial charge in [-0.15, -0.1) is 0 Å². The van der Waals surface area contributed by atoms with Gasteiger partial charge in [-0.1, -0.05) is 28.9 Å². The van der Waals surface area contributed by atoms with Crippen LogP contribution in [0, 0.1) is 6.92 Å². The summed E-state index contributed by atoms with van der Waals surface area (Å²) in [5, 5.41) is 15.1. The Morgan fingerprint density at radius 1 is 1.40 bits per heavy atom. The van der Waals surface area contributed by atoms with Gasteiger partial charge in [-0.3, -0.25) is 0 Å². The zero-order chi connectivity index (χ0) is 18.8. The number of rotatable bonds is 2. The van der Waals surface area contributed by atoms with Crippen molar-refractivity contribution in [3.05, 3.63) is 34.7 Å². The van der Waals surface area contributed by atoms with Gasteiger partial charge in [0.15, 0.2) is 0 Å². The Hall–Kier alpha value is -2.13. The van der Waals surface area contributed by atoms with E-state index in [9.17, 15) is 13.2 Å². The van der Waals surface area contributed by atoms with Crippen LogP contribution in [0.25, 0.3) is 11.4 Å². The van der Waals surface area contributed by atoms with Crippen LogP contribution in [0.1, 0.15) is 18.4 Å². The highest BCUT2D eigenvalue weighted by Crippen LogP contribution is 2.30. The predicted molar refractivity (Wildman–Crippen MR) is 83.4 cm³/mol. The van der Waals surface area contributed by atoms with Crippen molar-refractivity contribution in [2.75, 3.05) is 13.1 Å². The minimum absolute atomic E-state index is 0.0300. The third kappa shape index (κ3) is 4.29. The summed E-state index contributed by atoms with van der Waals surface area (Å²) in [6, 6.07) is 5.71. The molecule has 0 bridgehead atoms. The molecule has 0 radical (unpaired) electrons. The van der Waals surface area contributed by atoms with Crippen molar-refractivity contribution in [3.8, 4) is 11.4 Å². The number of aromatic nitrogens is 2. The molecule has 10 heteroatoms. The summed E-state index contributed by atoms with van der Waals surface area (Å²) in [7, 11) is 0. The molecule has 0 atom stereocenters. The normalized spacial score (nSPS) is 15.8. The Balaban J connectivity index is 0.000000277. The van der Waals surface area contributed by atoms with Gasteiger partial charge >= 0.3 is 12.1 Å². The minimum Gasteiger partial charge on any atom is -0.475 e. The Kier molecular flexibility index (Phi) is 5.38. The van der Waals surface area contributed by atoms with Gasteiger partial charge in [-0.25, -0.2) is 4.79 Å². The van der Waals surface area contributed by atoms with E-state index in [0.717, 1.165) is 29.2 Å². The summed E-state index contributed by atoms with van der Waals surface area (Å²) in [6.07, 6.45) is -5.08. The summed E-state index contributed by atoms with van der Waals surface area (Å²) in [4.78, 5) is 13.4. The third-order valence-corrected chi connectivity index (χ3v) is 4.13. The molecule has 0 unspecified atom stereocenters. The van der Waals surface area contributed by atoms with Gasteiger partial charge in [0.05, 0.1) is 5.41 Å². The molecule has 2 heterocycles. The predicted octanol–water partition coefficient (Wildman–Crippen LogP) is 3.19. The van der Waals surface area contributed by atoms with Crippen LogP contribution < -0.4 is 5.32 Å². The lowest BCUT2D eigenvalue weighted by Gasteiger charge is -2.35. The van der Waals surface area contributed by atoms with E-state index in [0.29, 0.717) is 11.7 Å². The lowest BCUT2D eigenvalue weighted by molar-refractivity contribution is -0.192. The van der Waals surface area contributed by atoms with Gasteiger partial charge in [0, 0.05) is 23.7 Å². The van der Waals surface area contributed by atoms with E-state index in [1.165, 1.54) is 0 Å². The zero-order valence-electron chi connectivity index (χ0n) is 13.3. The highest BCUT2D eigenvalue weighted by molar-refractivity contribution is 6.31. The summed E-state index contributed by atoms with van der Waals surface area (Å²) < 4.78 is 37.1. The minimum atomic E-state index is -5.08. The Labute approximate surface area is 146 Å². The van der Waals surface area contributed by atoms with Crippen molar-refractivity contribution in [1.29, 1.82) is 0 Å². The fourth-order valence-electron chi connectivity index (χ4n) is 2.08. The van der Waals surface area contributed by atoms with Crippen LogP contribution in [0.5, 0.6) is 0 Å². The molecular weight excluding hydrogens is 363 g/mol. The summed E-state index contributed by atoms with van der Waals surface area (Å²) in [5.74, 6) is -1.46. The van der Waals surface area contributed by atoms with Crippen LogP contribution in [0.15, 0.2) is 22.7 Å². The van der Waals surface area contributed by atoms with Gasteiger partial charge in [-0.2, -0.15) is 18.2 Å². The fraction of sp³-hybridized carbons (Fsp3) is 0.400. The number of alkyl halides is 3. The van der Waals surface area contributed by atoms with Crippen LogP contribution in [0.4, 0.5) is 13.2 Å². The second kappa shape index (κ2) is 7.01. The van der Waals surface area contributed by atoms with Crippen molar-refractivity contribution in [1.82, 2.24) is 15.5 Å². The van der Waals surface area contributed by atoms with Gasteiger partial charge in [-0.05, 0) is 25.5 Å². The molecule has 2 aromatic rings. The number of benzene rings is 1. The maximum atomic E-state index is 10.6. The second-order valence-electron chi connectivity index (χ2n) is 5.80. The molecule has 1 aliphatic heterocycles. The maximum absolute atomic E-state index is 10.6. The number of nitrogens with zero attached hydrogens (tertiary/aromatic N) is 2. The maximum Gasteiger partial charge on any atom is 0.490 e. The largest absolute Gasteiger partial charge is 0.490 e. The quantitative estimate of drug-likeness (QED) is 0.835. The number of nitrogens with one attached hydrogen (secondary N) is 1. The molecule has 6 nitrogen and oxygen atoms in total. The lowest BCUT2D eigenvalue weighted by Crippen LogP contribution is -2.54. The zero-order valence-corrected chi connectivity index (χ0v) is 14.1. The van der Waals surface area contributed by atoms with Crippen molar-refractivity contribution < 1.29 is 27.6 Å². The SMILES string of the molecule is Cc1c(Cl)cccc1-c1noc(C2(C)CNC2)n1.O=C(O)C(F)(F)F. The van der Waals surface area contributed by atoms with Crippen LogP contribution in [0.2, 0.25) is 5.02 Å². The van der Waals surface area contributed by atoms with E-state index in [4.69, 9.17) is 26.0 Å². The Morgan fingerprint density at radius 2 is 2.00 bits per heavy atom. The number of carboxylic acids is 1. The van der Waals surface area contributed by atoms with Gasteiger partial charge in [0.25, 0.3) is 0 Å². The summed E-state index contributed by atoms with van der Waals surface area (Å²) in [6.45, 7) is 5.83. The van der Waals surface area contributed by atoms with Gasteiger partial charge < -0.3 is 14.9 Å². The van der Waals surface area contributed by atoms with E-state index in [2.05, 4.69) is 22.4 Å². The van der Waals surface area contributed by atoms with Crippen molar-refractivity contribution in [3.63, 3.8) is 0 Å². The molecule has 0 spiro atoms. The van der Waals surface area contributed by atoms with E-state index in [1.807, 2.05) is 25.1 Å². The standard InChI is InChI=1S/C13H14ClN3O.C2HF3O2/c1-8-9(4-3-5-10(8)14)11-16-12(18-17-11)13(2)6-15-7-13;3-2(4,5)1(6)7/h3-5,15H,6-7H2,1-2H3;(H,6,7). The van der Waals surface area contributed by atoms with Crippen LogP contribution in [0.3, 0.4) is 0 Å². The van der Waals surface area contributed by atoms with Gasteiger partial charge in [0.2, 0.25) is 11.7 Å². The van der Waals surface area contributed by atoms with E-state index in [1.54, 1.807) is 0 Å². The van der Waals surface area contributed by atoms with E-state index < -0.39 is 12.1 Å². The molecule has 0 aliphatic carbocycles. The first kappa shape index (κ1) is 19.2. The van der Waals surface area contributed by atoms with E-state index in [-0.39, 0.29) is 5.41 Å². The molecular formula is C15H15ClF3N3O3. The van der Waals surface area contributed by atoms with E-state index >= 15 is 0 Å². The number of halogens is 4. The lowest BCUT2D eigenvalue weighted by atomic mass is 9.84. The number of hydrogen-bond acceptors (Lipinski definition) is 5. The van der Waals surface area contributed by atoms with Crippen molar-refractivity contribution in [2.24, 2.45) is 0 Å². The first-order valence-electron chi connectivity index (χ1n) is 7.15. The summed E-state index contributed by atoms with van der Waals surface area (Å²) >= 11 is 6.10. The highest BCUT2D eigenvalue weighted by Gasteiger charge is 2.39. The Bertz CT molecular complexity index is 773. The second-order valence-corrected chi connectivity index (χ2v) is 6.21. The molecule has 3 rings (SSSR count). The van der Waals surface area contributed by atoms with Crippen LogP contribution in [-0.2, 0) is 10.2 Å². The number of carbonyl (C=O) groups is 1. The van der Waals surface area contributed by atoms with Crippen molar-refractivity contribution >= 4 is 17.6 Å². The van der Waals surface area contributed by atoms with Gasteiger partial charge in [0.1, 0.15) is 0 Å². The monoisotopic (exact) mass is 377 g/mol. The average molecular weight is 378 g/mol. The number of carboxylic acid groups (broad SMARTS) is 1. The molecule has 1 aromatic heterocycles. The first-order chi connectivity index (χ1) is 11.5. The number of aliphatic carboxylic acids is 1. The third-order valence-electron chi connectivity index (χ3n) is 3.72. The molecule has 0 saturated carbocycles. The molecule has 1 aliphatic rings. The first-order valence-corrected chi connectivity index (χ1v) is 7.53. The molecule has 1 fully saturated rings. The molecule has 1 saturated heterocycles. The fourth-order valence-corrected chi connectivity index (χ4v) is 2.25. The molecule has 0 amide bonds. The molecule has 136 valence electrons. The van der Waals surface area contributed by atoms with Crippen LogP contribution in [-0.4, -0.2) is 40.5 Å². The Morgan fingerprint density at radius 3 is 2.48 bits per heavy atom. The molecule has 1 aromatic carbocycles. The van der Waals surface area contributed by atoms with Crippen molar-refractivity contribution in [2.45, 2.75) is 25.4 Å². The average Bonchev–Trinajstić information content (AvgIpc) is 2.97. The number of hydrogen-bond donors (Lipinski definition) is 2.